The molecular formula is C25H20N8O2. The maximum Gasteiger partial charge on any atom is 0.159 e. The van der Waals surface area contributed by atoms with Crippen LogP contribution in [0.2, 0.25) is 0 Å². The number of aliphatic hydroxyl groups excluding tert-OH is 1. The predicted molar refractivity (Wildman–Crippen MR) is 130 cm³/mol. The zero-order chi connectivity index (χ0) is 23.4. The highest BCUT2D eigenvalue weighted by molar-refractivity contribution is 5.97. The summed E-state index contributed by atoms with van der Waals surface area (Å²) in [6.45, 7) is 0. The van der Waals surface area contributed by atoms with Crippen LogP contribution in [0.15, 0.2) is 66.1 Å². The van der Waals surface area contributed by atoms with Crippen molar-refractivity contribution >= 4 is 27.6 Å². The van der Waals surface area contributed by atoms with Crippen LogP contribution < -0.4 is 5.32 Å². The molecule has 6 aromatic heterocycles. The monoisotopic (exact) mass is 464 g/mol. The van der Waals surface area contributed by atoms with Crippen LogP contribution in [0.25, 0.3) is 55.8 Å². The largest absolute Gasteiger partial charge is 0.472 e. The average molecular weight is 464 g/mol. The lowest BCUT2D eigenvalue weighted by atomic mass is 10.1. The molecule has 1 saturated carbocycles. The summed E-state index contributed by atoms with van der Waals surface area (Å²) in [7, 11) is 0. The highest BCUT2D eigenvalue weighted by Crippen LogP contribution is 2.34. The summed E-state index contributed by atoms with van der Waals surface area (Å²) in [5, 5.41) is 21.8. The van der Waals surface area contributed by atoms with Gasteiger partial charge in [-0.1, -0.05) is 0 Å². The number of H-pyrrole nitrogens is 2. The topological polar surface area (TPSA) is 141 Å². The molecule has 0 spiro atoms. The molecule has 6 aromatic rings. The Morgan fingerprint density at radius 2 is 1.94 bits per heavy atom. The molecule has 7 rings (SSSR count). The number of aliphatic hydroxyl groups is 1. The molecule has 1 atom stereocenters. The van der Waals surface area contributed by atoms with E-state index in [1.165, 1.54) is 0 Å². The lowest BCUT2D eigenvalue weighted by molar-refractivity contribution is 0.180. The van der Waals surface area contributed by atoms with Gasteiger partial charge in [0.2, 0.25) is 0 Å². The van der Waals surface area contributed by atoms with Crippen molar-refractivity contribution in [3.05, 3.63) is 61.7 Å². The molecule has 0 bridgehead atoms. The first-order valence-electron chi connectivity index (χ1n) is 11.3. The zero-order valence-corrected chi connectivity index (χ0v) is 18.4. The molecule has 1 aliphatic rings. The van der Waals surface area contributed by atoms with E-state index in [1.807, 2.05) is 18.2 Å². The fourth-order valence-corrected chi connectivity index (χ4v) is 4.29. The van der Waals surface area contributed by atoms with Crippen molar-refractivity contribution in [3.8, 4) is 33.9 Å². The number of hydrogen-bond acceptors (Lipinski definition) is 8. The molecule has 1 aliphatic carbocycles. The standard InChI is InChI=1S/C25H20N8O2/c34-25(13-1-2-13)29-16-5-15(7-26-8-16)19-6-17-20(11-28-19)32-33-23(17)24-30-21-10-27-9-18(22(21)31-24)14-3-4-35-12-14/h3-13,25,29,34H,1-2H2,(H,30,31)(H,32,33). The van der Waals surface area contributed by atoms with Gasteiger partial charge in [0.05, 0.1) is 53.5 Å². The number of rotatable bonds is 6. The Morgan fingerprint density at radius 1 is 1.03 bits per heavy atom. The number of aromatic amines is 2. The quantitative estimate of drug-likeness (QED) is 0.266. The number of furan rings is 1. The summed E-state index contributed by atoms with van der Waals surface area (Å²) < 4.78 is 5.24. The smallest absolute Gasteiger partial charge is 0.159 e. The predicted octanol–water partition coefficient (Wildman–Crippen LogP) is 4.36. The van der Waals surface area contributed by atoms with Crippen molar-refractivity contribution in [1.29, 1.82) is 0 Å². The number of nitrogens with one attached hydrogen (secondary N) is 3. The number of fused-ring (bicyclic) bond motifs is 2. The zero-order valence-electron chi connectivity index (χ0n) is 18.4. The van der Waals surface area contributed by atoms with Gasteiger partial charge in [0, 0.05) is 40.4 Å². The summed E-state index contributed by atoms with van der Waals surface area (Å²) in [6.07, 6.45) is 13.6. The first kappa shape index (κ1) is 19.9. The van der Waals surface area contributed by atoms with E-state index in [0.29, 0.717) is 17.4 Å². The third-order valence-electron chi connectivity index (χ3n) is 6.32. The molecule has 4 N–H and O–H groups in total. The Bertz CT molecular complexity index is 1670. The maximum absolute atomic E-state index is 10.2. The third-order valence-corrected chi connectivity index (χ3v) is 6.32. The van der Waals surface area contributed by atoms with E-state index in [0.717, 1.165) is 62.8 Å². The SMILES string of the molecule is OC(Nc1cncc(-c2cc3c(-c4nc5c(-c6ccoc6)cncc5[nH]4)n[nH]c3cn2)c1)C1CC1. The number of imidazole rings is 1. The van der Waals surface area contributed by atoms with Crippen LogP contribution in [0, 0.1) is 5.92 Å². The van der Waals surface area contributed by atoms with Crippen molar-refractivity contribution in [2.75, 3.05) is 5.32 Å². The molecule has 10 heteroatoms. The van der Waals surface area contributed by atoms with Crippen molar-refractivity contribution < 1.29 is 9.52 Å². The number of pyridine rings is 3. The number of hydrogen-bond donors (Lipinski definition) is 4. The van der Waals surface area contributed by atoms with Crippen LogP contribution in [0.5, 0.6) is 0 Å². The molecule has 1 unspecified atom stereocenters. The van der Waals surface area contributed by atoms with Crippen LogP contribution in [-0.4, -0.2) is 46.5 Å². The van der Waals surface area contributed by atoms with Gasteiger partial charge in [0.15, 0.2) is 5.82 Å². The summed E-state index contributed by atoms with van der Waals surface area (Å²) in [6, 6.07) is 5.79. The normalized spacial score (nSPS) is 14.5. The Hall–Kier alpha value is -4.57. The van der Waals surface area contributed by atoms with E-state index in [9.17, 15) is 5.11 Å². The minimum absolute atomic E-state index is 0.314. The van der Waals surface area contributed by atoms with Gasteiger partial charge in [-0.25, -0.2) is 4.98 Å². The summed E-state index contributed by atoms with van der Waals surface area (Å²) in [5.74, 6) is 0.942. The second-order valence-corrected chi connectivity index (χ2v) is 8.76. The van der Waals surface area contributed by atoms with E-state index in [4.69, 9.17) is 9.40 Å². The van der Waals surface area contributed by atoms with Gasteiger partial charge >= 0.3 is 0 Å². The minimum Gasteiger partial charge on any atom is -0.472 e. The lowest BCUT2D eigenvalue weighted by Crippen LogP contribution is -2.20. The maximum atomic E-state index is 10.2. The number of nitrogens with zero attached hydrogens (tertiary/aromatic N) is 5. The summed E-state index contributed by atoms with van der Waals surface area (Å²) >= 11 is 0. The molecule has 0 aromatic carbocycles. The van der Waals surface area contributed by atoms with E-state index in [-0.39, 0.29) is 0 Å². The second-order valence-electron chi connectivity index (χ2n) is 8.76. The first-order valence-corrected chi connectivity index (χ1v) is 11.3. The Morgan fingerprint density at radius 3 is 2.80 bits per heavy atom. The molecule has 0 saturated heterocycles. The van der Waals surface area contributed by atoms with Crippen LogP contribution in [0.1, 0.15) is 12.8 Å². The third kappa shape index (κ3) is 3.51. The molecule has 6 heterocycles. The molecule has 0 amide bonds. The molecule has 0 radical (unpaired) electrons. The fourth-order valence-electron chi connectivity index (χ4n) is 4.29. The van der Waals surface area contributed by atoms with E-state index in [2.05, 4.69) is 35.5 Å². The van der Waals surface area contributed by atoms with E-state index < -0.39 is 6.23 Å². The number of anilines is 1. The van der Waals surface area contributed by atoms with Gasteiger partial charge in [-0.05, 0) is 31.0 Å². The first-order chi connectivity index (χ1) is 17.2. The van der Waals surface area contributed by atoms with Gasteiger partial charge < -0.3 is 19.8 Å². The van der Waals surface area contributed by atoms with Crippen LogP contribution >= 0.6 is 0 Å². The highest BCUT2D eigenvalue weighted by atomic mass is 16.3. The van der Waals surface area contributed by atoms with Crippen molar-refractivity contribution in [2.24, 2.45) is 5.92 Å². The van der Waals surface area contributed by atoms with Gasteiger partial charge in [-0.15, -0.1) is 0 Å². The molecule has 35 heavy (non-hydrogen) atoms. The van der Waals surface area contributed by atoms with Crippen LogP contribution in [0.3, 0.4) is 0 Å². The van der Waals surface area contributed by atoms with Gasteiger partial charge in [0.1, 0.15) is 17.4 Å². The van der Waals surface area contributed by atoms with Crippen molar-refractivity contribution in [2.45, 2.75) is 19.1 Å². The molecule has 10 nitrogen and oxygen atoms in total. The summed E-state index contributed by atoms with van der Waals surface area (Å²) in [4.78, 5) is 21.4. The van der Waals surface area contributed by atoms with Gasteiger partial charge in [0.25, 0.3) is 0 Å². The highest BCUT2D eigenvalue weighted by Gasteiger charge is 2.29. The average Bonchev–Trinajstić information content (AvgIpc) is 3.26. The molecule has 172 valence electrons. The summed E-state index contributed by atoms with van der Waals surface area (Å²) in [5.41, 5.74) is 7.20. The Labute approximate surface area is 198 Å². The molecular weight excluding hydrogens is 444 g/mol. The minimum atomic E-state index is -0.558. The molecule has 0 aliphatic heterocycles. The Balaban J connectivity index is 1.28. The number of aromatic nitrogens is 7. The Kier molecular flexibility index (Phi) is 4.39. The molecule has 1 fully saturated rings. The van der Waals surface area contributed by atoms with Crippen molar-refractivity contribution in [1.82, 2.24) is 35.1 Å². The lowest BCUT2D eigenvalue weighted by Gasteiger charge is -2.13. The van der Waals surface area contributed by atoms with Gasteiger partial charge in [-0.2, -0.15) is 5.10 Å². The van der Waals surface area contributed by atoms with Crippen LogP contribution in [0.4, 0.5) is 5.69 Å². The fraction of sp³-hybridized carbons (Fsp3) is 0.160. The van der Waals surface area contributed by atoms with Crippen LogP contribution in [-0.2, 0) is 0 Å². The van der Waals surface area contributed by atoms with E-state index in [1.54, 1.807) is 43.5 Å². The van der Waals surface area contributed by atoms with Gasteiger partial charge in [-0.3, -0.25) is 20.1 Å². The van der Waals surface area contributed by atoms with E-state index >= 15 is 0 Å². The second kappa shape index (κ2) is 7.74. The van der Waals surface area contributed by atoms with Crippen molar-refractivity contribution in [3.63, 3.8) is 0 Å².